The van der Waals surface area contributed by atoms with E-state index >= 15 is 0 Å². The summed E-state index contributed by atoms with van der Waals surface area (Å²) in [6.07, 6.45) is 3.85. The fourth-order valence-corrected chi connectivity index (χ4v) is 3.36. The van der Waals surface area contributed by atoms with Crippen LogP contribution in [0, 0.1) is 0 Å². The predicted octanol–water partition coefficient (Wildman–Crippen LogP) is 4.76. The van der Waals surface area contributed by atoms with Crippen LogP contribution in [-0.2, 0) is 6.54 Å². The van der Waals surface area contributed by atoms with Crippen LogP contribution in [0.3, 0.4) is 0 Å². The maximum Gasteiger partial charge on any atom is 0.319 e. The number of amides is 2. The van der Waals surface area contributed by atoms with Crippen molar-refractivity contribution >= 4 is 33.3 Å². The molecule has 5 heteroatoms. The Morgan fingerprint density at radius 2 is 1.79 bits per heavy atom. The van der Waals surface area contributed by atoms with Crippen LogP contribution >= 0.6 is 15.9 Å². The van der Waals surface area contributed by atoms with Crippen LogP contribution < -0.4 is 15.5 Å². The van der Waals surface area contributed by atoms with E-state index in [1.807, 2.05) is 36.4 Å². The summed E-state index contributed by atoms with van der Waals surface area (Å²) in [4.78, 5) is 14.4. The number of carbonyl (C=O) groups is 1. The number of hydrogen-bond donors (Lipinski definition) is 2. The second-order valence-corrected chi connectivity index (χ2v) is 6.95. The highest BCUT2D eigenvalue weighted by Gasteiger charge is 2.10. The van der Waals surface area contributed by atoms with Gasteiger partial charge in [0.2, 0.25) is 0 Å². The average molecular weight is 388 g/mol. The first-order valence-corrected chi connectivity index (χ1v) is 9.14. The monoisotopic (exact) mass is 387 g/mol. The van der Waals surface area contributed by atoms with Crippen LogP contribution in [0.1, 0.15) is 24.8 Å². The molecule has 1 saturated heterocycles. The third-order valence-electron chi connectivity index (χ3n) is 4.19. The van der Waals surface area contributed by atoms with Crippen LogP contribution in [0.25, 0.3) is 0 Å². The molecule has 0 atom stereocenters. The Hall–Kier alpha value is -2.01. The van der Waals surface area contributed by atoms with E-state index in [1.54, 1.807) is 0 Å². The van der Waals surface area contributed by atoms with Crippen molar-refractivity contribution in [1.29, 1.82) is 0 Å². The smallest absolute Gasteiger partial charge is 0.319 e. The van der Waals surface area contributed by atoms with Gasteiger partial charge in [0.15, 0.2) is 0 Å². The van der Waals surface area contributed by atoms with Crippen molar-refractivity contribution in [3.05, 3.63) is 58.6 Å². The molecule has 0 aliphatic carbocycles. The van der Waals surface area contributed by atoms with Gasteiger partial charge in [-0.2, -0.15) is 0 Å². The summed E-state index contributed by atoms with van der Waals surface area (Å²) < 4.78 is 1.01. The number of anilines is 2. The number of carbonyl (C=O) groups excluding carboxylic acids is 1. The van der Waals surface area contributed by atoms with Gasteiger partial charge in [-0.1, -0.05) is 28.1 Å². The molecule has 0 spiro atoms. The van der Waals surface area contributed by atoms with Gasteiger partial charge in [0, 0.05) is 35.5 Å². The second kappa shape index (κ2) is 8.20. The predicted molar refractivity (Wildman–Crippen MR) is 103 cm³/mol. The van der Waals surface area contributed by atoms with Gasteiger partial charge in [0.1, 0.15) is 0 Å². The number of nitrogens with zero attached hydrogens (tertiary/aromatic N) is 1. The summed E-state index contributed by atoms with van der Waals surface area (Å²) in [6, 6.07) is 15.8. The molecule has 0 bridgehead atoms. The Kier molecular flexibility index (Phi) is 5.75. The van der Waals surface area contributed by atoms with Crippen LogP contribution in [0.4, 0.5) is 16.2 Å². The minimum Gasteiger partial charge on any atom is -0.372 e. The maximum atomic E-state index is 12.0. The fourth-order valence-electron chi connectivity index (χ4n) is 2.91. The summed E-state index contributed by atoms with van der Waals surface area (Å²) in [5.74, 6) is 0. The number of nitrogens with one attached hydrogen (secondary N) is 2. The Morgan fingerprint density at radius 3 is 2.50 bits per heavy atom. The molecule has 2 aromatic carbocycles. The molecular formula is C19H22BrN3O. The van der Waals surface area contributed by atoms with Gasteiger partial charge in [-0.25, -0.2) is 4.79 Å². The van der Waals surface area contributed by atoms with Gasteiger partial charge in [-0.05, 0) is 61.2 Å². The van der Waals surface area contributed by atoms with E-state index in [-0.39, 0.29) is 6.03 Å². The van der Waals surface area contributed by atoms with Crippen LogP contribution in [0.15, 0.2) is 53.0 Å². The Labute approximate surface area is 151 Å². The van der Waals surface area contributed by atoms with E-state index in [4.69, 9.17) is 0 Å². The SMILES string of the molecule is O=C(NCc1cccc(Br)c1)Nc1ccc(N2CCCCC2)cc1. The summed E-state index contributed by atoms with van der Waals surface area (Å²) in [5, 5.41) is 5.75. The molecule has 2 aromatic rings. The van der Waals surface area contributed by atoms with E-state index in [9.17, 15) is 4.79 Å². The van der Waals surface area contributed by atoms with Crippen molar-refractivity contribution in [3.63, 3.8) is 0 Å². The highest BCUT2D eigenvalue weighted by Crippen LogP contribution is 2.21. The van der Waals surface area contributed by atoms with Gasteiger partial charge in [-0.15, -0.1) is 0 Å². The number of urea groups is 1. The molecule has 126 valence electrons. The normalized spacial score (nSPS) is 14.3. The second-order valence-electron chi connectivity index (χ2n) is 6.03. The van der Waals surface area contributed by atoms with E-state index in [0.717, 1.165) is 28.8 Å². The Morgan fingerprint density at radius 1 is 1.04 bits per heavy atom. The third kappa shape index (κ3) is 4.74. The van der Waals surface area contributed by atoms with Crippen molar-refractivity contribution in [1.82, 2.24) is 5.32 Å². The number of rotatable bonds is 4. The summed E-state index contributed by atoms with van der Waals surface area (Å²) >= 11 is 3.43. The first kappa shape index (κ1) is 16.8. The van der Waals surface area contributed by atoms with Crippen LogP contribution in [0.2, 0.25) is 0 Å². The molecule has 0 unspecified atom stereocenters. The first-order chi connectivity index (χ1) is 11.7. The topological polar surface area (TPSA) is 44.4 Å². The molecule has 2 N–H and O–H groups in total. The van der Waals surface area contributed by atoms with Crippen molar-refractivity contribution in [2.24, 2.45) is 0 Å². The zero-order valence-electron chi connectivity index (χ0n) is 13.6. The lowest BCUT2D eigenvalue weighted by atomic mass is 10.1. The number of halogens is 1. The molecular weight excluding hydrogens is 366 g/mol. The van der Waals surface area contributed by atoms with Crippen molar-refractivity contribution in [2.75, 3.05) is 23.3 Å². The zero-order chi connectivity index (χ0) is 16.8. The van der Waals surface area contributed by atoms with Gasteiger partial charge in [0.25, 0.3) is 0 Å². The van der Waals surface area contributed by atoms with E-state index in [1.165, 1.54) is 24.9 Å². The van der Waals surface area contributed by atoms with Gasteiger partial charge < -0.3 is 15.5 Å². The van der Waals surface area contributed by atoms with Crippen LogP contribution in [-0.4, -0.2) is 19.1 Å². The van der Waals surface area contributed by atoms with E-state index in [2.05, 4.69) is 43.6 Å². The molecule has 0 saturated carbocycles. The fraction of sp³-hybridized carbons (Fsp3) is 0.316. The largest absolute Gasteiger partial charge is 0.372 e. The van der Waals surface area contributed by atoms with Gasteiger partial charge in [-0.3, -0.25) is 0 Å². The van der Waals surface area contributed by atoms with E-state index < -0.39 is 0 Å². The lowest BCUT2D eigenvalue weighted by Gasteiger charge is -2.28. The quantitative estimate of drug-likeness (QED) is 0.793. The summed E-state index contributed by atoms with van der Waals surface area (Å²) in [7, 11) is 0. The minimum absolute atomic E-state index is 0.194. The molecule has 3 rings (SSSR count). The van der Waals surface area contributed by atoms with Crippen LogP contribution in [0.5, 0.6) is 0 Å². The van der Waals surface area contributed by atoms with Crippen molar-refractivity contribution < 1.29 is 4.79 Å². The summed E-state index contributed by atoms with van der Waals surface area (Å²) in [5.41, 5.74) is 3.09. The zero-order valence-corrected chi connectivity index (χ0v) is 15.2. The summed E-state index contributed by atoms with van der Waals surface area (Å²) in [6.45, 7) is 2.75. The standard InChI is InChI=1S/C19H22BrN3O/c20-16-6-4-5-15(13-16)14-21-19(24)22-17-7-9-18(10-8-17)23-11-2-1-3-12-23/h4-10,13H,1-3,11-12,14H2,(H2,21,22,24). The molecule has 1 aliphatic rings. The molecule has 24 heavy (non-hydrogen) atoms. The minimum atomic E-state index is -0.194. The number of benzene rings is 2. The average Bonchev–Trinajstić information content (AvgIpc) is 2.61. The van der Waals surface area contributed by atoms with E-state index in [0.29, 0.717) is 6.54 Å². The Bertz CT molecular complexity index is 681. The molecule has 4 nitrogen and oxygen atoms in total. The lowest BCUT2D eigenvalue weighted by Crippen LogP contribution is -2.29. The molecule has 0 aromatic heterocycles. The molecule has 2 amide bonds. The number of piperidine rings is 1. The third-order valence-corrected chi connectivity index (χ3v) is 4.68. The molecule has 1 fully saturated rings. The molecule has 0 radical (unpaired) electrons. The molecule has 1 heterocycles. The van der Waals surface area contributed by atoms with Gasteiger partial charge in [0.05, 0.1) is 0 Å². The Balaban J connectivity index is 1.50. The van der Waals surface area contributed by atoms with Gasteiger partial charge >= 0.3 is 6.03 Å². The molecule has 1 aliphatic heterocycles. The first-order valence-electron chi connectivity index (χ1n) is 8.35. The maximum absolute atomic E-state index is 12.0. The highest BCUT2D eigenvalue weighted by molar-refractivity contribution is 9.10. The number of hydrogen-bond acceptors (Lipinski definition) is 2. The highest BCUT2D eigenvalue weighted by atomic mass is 79.9. The lowest BCUT2D eigenvalue weighted by molar-refractivity contribution is 0.251. The van der Waals surface area contributed by atoms with Crippen molar-refractivity contribution in [2.45, 2.75) is 25.8 Å². The van der Waals surface area contributed by atoms with Crippen molar-refractivity contribution in [3.8, 4) is 0 Å².